The average molecular weight is 385 g/mol. The van der Waals surface area contributed by atoms with Crippen LogP contribution in [0.3, 0.4) is 0 Å². The van der Waals surface area contributed by atoms with Crippen LogP contribution in [0.1, 0.15) is 12.0 Å². The predicted molar refractivity (Wildman–Crippen MR) is 108 cm³/mol. The molecule has 3 amide bonds. The van der Waals surface area contributed by atoms with E-state index in [-0.39, 0.29) is 11.9 Å². The van der Waals surface area contributed by atoms with Crippen molar-refractivity contribution >= 4 is 40.6 Å². The van der Waals surface area contributed by atoms with Crippen molar-refractivity contribution in [2.24, 2.45) is 0 Å². The van der Waals surface area contributed by atoms with Crippen LogP contribution >= 0.6 is 11.6 Å². The van der Waals surface area contributed by atoms with Crippen LogP contribution in [0.25, 0.3) is 0 Å². The summed E-state index contributed by atoms with van der Waals surface area (Å²) in [4.78, 5) is 28.0. The first kappa shape index (κ1) is 17.7. The number of halogens is 1. The van der Waals surface area contributed by atoms with Crippen molar-refractivity contribution in [2.45, 2.75) is 12.8 Å². The van der Waals surface area contributed by atoms with E-state index in [0.29, 0.717) is 24.5 Å². The third-order valence-electron chi connectivity index (χ3n) is 5.01. The van der Waals surface area contributed by atoms with E-state index in [1.54, 1.807) is 24.3 Å². The summed E-state index contributed by atoms with van der Waals surface area (Å²) >= 11 is 5.87. The molecule has 2 aromatic rings. The lowest BCUT2D eigenvalue weighted by atomic mass is 10.0. The number of rotatable bonds is 2. The van der Waals surface area contributed by atoms with Crippen LogP contribution in [-0.2, 0) is 11.2 Å². The van der Waals surface area contributed by atoms with Gasteiger partial charge in [-0.2, -0.15) is 0 Å². The summed E-state index contributed by atoms with van der Waals surface area (Å²) in [6.45, 7) is 2.87. The number of aryl methyl sites for hydroxylation is 1. The molecule has 0 radical (unpaired) electrons. The van der Waals surface area contributed by atoms with Gasteiger partial charge in [-0.25, -0.2) is 4.79 Å². The second kappa shape index (κ2) is 7.48. The number of urea groups is 1. The number of hydrogen-bond donors (Lipinski definition) is 2. The van der Waals surface area contributed by atoms with Crippen molar-refractivity contribution in [3.05, 3.63) is 53.1 Å². The second-order valence-corrected chi connectivity index (χ2v) is 7.24. The lowest BCUT2D eigenvalue weighted by Crippen LogP contribution is -2.50. The SMILES string of the molecule is O=C1CCc2cc(N3CCN(C(=O)Nc4ccc(Cl)cc4)CC3)ccc2N1. The Labute approximate surface area is 163 Å². The van der Waals surface area contributed by atoms with Gasteiger partial charge in [-0.3, -0.25) is 4.79 Å². The first-order valence-corrected chi connectivity index (χ1v) is 9.45. The molecule has 1 saturated heterocycles. The Morgan fingerprint density at radius 1 is 1.00 bits per heavy atom. The Morgan fingerprint density at radius 2 is 1.74 bits per heavy atom. The molecule has 27 heavy (non-hydrogen) atoms. The Balaban J connectivity index is 1.35. The summed E-state index contributed by atoms with van der Waals surface area (Å²) in [7, 11) is 0. The maximum Gasteiger partial charge on any atom is 0.321 e. The van der Waals surface area contributed by atoms with Gasteiger partial charge in [0.05, 0.1) is 0 Å². The minimum atomic E-state index is -0.0925. The number of anilines is 3. The maximum absolute atomic E-state index is 12.4. The summed E-state index contributed by atoms with van der Waals surface area (Å²) in [5.74, 6) is 0.0792. The zero-order chi connectivity index (χ0) is 18.8. The zero-order valence-electron chi connectivity index (χ0n) is 14.9. The van der Waals surface area contributed by atoms with Gasteiger partial charge in [0.1, 0.15) is 0 Å². The van der Waals surface area contributed by atoms with Crippen molar-refractivity contribution in [2.75, 3.05) is 41.7 Å². The molecule has 7 heteroatoms. The molecule has 2 aliphatic heterocycles. The molecule has 4 rings (SSSR count). The van der Waals surface area contributed by atoms with Crippen LogP contribution in [0.15, 0.2) is 42.5 Å². The Bertz CT molecular complexity index is 861. The summed E-state index contributed by atoms with van der Waals surface area (Å²) < 4.78 is 0. The van der Waals surface area contributed by atoms with Crippen LogP contribution in [0, 0.1) is 0 Å². The Hall–Kier alpha value is -2.73. The molecular formula is C20H21ClN4O2. The molecule has 0 unspecified atom stereocenters. The summed E-state index contributed by atoms with van der Waals surface area (Å²) in [5, 5.41) is 6.46. The number of nitrogens with one attached hydrogen (secondary N) is 2. The predicted octanol–water partition coefficient (Wildman–Crippen LogP) is 3.58. The maximum atomic E-state index is 12.4. The highest BCUT2D eigenvalue weighted by Gasteiger charge is 2.23. The minimum Gasteiger partial charge on any atom is -0.368 e. The van der Waals surface area contributed by atoms with E-state index < -0.39 is 0 Å². The molecule has 2 N–H and O–H groups in total. The molecule has 0 aliphatic carbocycles. The monoisotopic (exact) mass is 384 g/mol. The molecule has 0 aromatic heterocycles. The van der Waals surface area contributed by atoms with Crippen molar-refractivity contribution < 1.29 is 9.59 Å². The van der Waals surface area contributed by atoms with Crippen LogP contribution < -0.4 is 15.5 Å². The molecule has 2 aliphatic rings. The van der Waals surface area contributed by atoms with Gasteiger partial charge in [-0.1, -0.05) is 11.6 Å². The molecule has 140 valence electrons. The fourth-order valence-corrected chi connectivity index (χ4v) is 3.60. The Kier molecular flexibility index (Phi) is 4.90. The largest absolute Gasteiger partial charge is 0.368 e. The lowest BCUT2D eigenvalue weighted by Gasteiger charge is -2.36. The van der Waals surface area contributed by atoms with Gasteiger partial charge in [-0.05, 0) is 54.4 Å². The molecule has 0 atom stereocenters. The first-order valence-electron chi connectivity index (χ1n) is 9.08. The van der Waals surface area contributed by atoms with E-state index in [1.165, 1.54) is 5.56 Å². The van der Waals surface area contributed by atoms with E-state index >= 15 is 0 Å². The summed E-state index contributed by atoms with van der Waals surface area (Å²) in [6.07, 6.45) is 1.31. The molecule has 1 fully saturated rings. The smallest absolute Gasteiger partial charge is 0.321 e. The molecule has 2 aromatic carbocycles. The molecule has 0 bridgehead atoms. The van der Waals surface area contributed by atoms with Gasteiger partial charge < -0.3 is 20.4 Å². The summed E-state index contributed by atoms with van der Waals surface area (Å²) in [5.41, 5.74) is 3.97. The number of fused-ring (bicyclic) bond motifs is 1. The second-order valence-electron chi connectivity index (χ2n) is 6.80. The lowest BCUT2D eigenvalue weighted by molar-refractivity contribution is -0.116. The average Bonchev–Trinajstić information content (AvgIpc) is 2.69. The van der Waals surface area contributed by atoms with Gasteiger partial charge in [0.25, 0.3) is 0 Å². The van der Waals surface area contributed by atoms with Crippen molar-refractivity contribution in [3.8, 4) is 0 Å². The van der Waals surface area contributed by atoms with E-state index in [4.69, 9.17) is 11.6 Å². The number of carbonyl (C=O) groups is 2. The van der Waals surface area contributed by atoms with Gasteiger partial charge in [0, 0.05) is 54.7 Å². The fraction of sp³-hybridized carbons (Fsp3) is 0.300. The molecule has 2 heterocycles. The van der Waals surface area contributed by atoms with E-state index in [0.717, 1.165) is 36.6 Å². The highest BCUT2D eigenvalue weighted by molar-refractivity contribution is 6.30. The van der Waals surface area contributed by atoms with Crippen molar-refractivity contribution in [1.29, 1.82) is 0 Å². The third kappa shape index (κ3) is 4.01. The highest BCUT2D eigenvalue weighted by atomic mass is 35.5. The van der Waals surface area contributed by atoms with Crippen LogP contribution in [0.5, 0.6) is 0 Å². The van der Waals surface area contributed by atoms with Gasteiger partial charge in [-0.15, -0.1) is 0 Å². The van der Waals surface area contributed by atoms with Crippen LogP contribution in [0.2, 0.25) is 5.02 Å². The zero-order valence-corrected chi connectivity index (χ0v) is 15.6. The van der Waals surface area contributed by atoms with Gasteiger partial charge in [0.2, 0.25) is 5.91 Å². The highest BCUT2D eigenvalue weighted by Crippen LogP contribution is 2.28. The standard InChI is InChI=1S/C20H21ClN4O2/c21-15-2-4-16(5-3-15)22-20(27)25-11-9-24(10-12-25)17-6-7-18-14(13-17)1-8-19(26)23-18/h2-7,13H,1,8-12H2,(H,22,27)(H,23,26). The van der Waals surface area contributed by atoms with Gasteiger partial charge in [0.15, 0.2) is 0 Å². The number of amides is 3. The van der Waals surface area contributed by atoms with Crippen LogP contribution in [0.4, 0.5) is 21.9 Å². The first-order chi connectivity index (χ1) is 13.1. The Morgan fingerprint density at radius 3 is 2.48 bits per heavy atom. The normalized spacial score (nSPS) is 16.6. The van der Waals surface area contributed by atoms with E-state index in [9.17, 15) is 9.59 Å². The number of benzene rings is 2. The van der Waals surface area contributed by atoms with Gasteiger partial charge >= 0.3 is 6.03 Å². The number of carbonyl (C=O) groups excluding carboxylic acids is 2. The quantitative estimate of drug-likeness (QED) is 0.831. The molecular weight excluding hydrogens is 364 g/mol. The number of hydrogen-bond acceptors (Lipinski definition) is 3. The van der Waals surface area contributed by atoms with E-state index in [1.807, 2.05) is 17.0 Å². The minimum absolute atomic E-state index is 0.0792. The topological polar surface area (TPSA) is 64.7 Å². The van der Waals surface area contributed by atoms with Crippen LogP contribution in [-0.4, -0.2) is 43.0 Å². The fourth-order valence-electron chi connectivity index (χ4n) is 3.47. The molecule has 0 saturated carbocycles. The summed E-state index contributed by atoms with van der Waals surface area (Å²) in [6, 6.07) is 13.2. The molecule has 0 spiro atoms. The number of nitrogens with zero attached hydrogens (tertiary/aromatic N) is 2. The van der Waals surface area contributed by atoms with Crippen molar-refractivity contribution in [1.82, 2.24) is 4.90 Å². The van der Waals surface area contributed by atoms with Crippen molar-refractivity contribution in [3.63, 3.8) is 0 Å². The van der Waals surface area contributed by atoms with E-state index in [2.05, 4.69) is 21.6 Å². The third-order valence-corrected chi connectivity index (χ3v) is 5.26. The number of piperazine rings is 1. The molecule has 6 nitrogen and oxygen atoms in total.